The summed E-state index contributed by atoms with van der Waals surface area (Å²) in [7, 11) is 0. The molecule has 19 heavy (non-hydrogen) atoms. The van der Waals surface area contributed by atoms with Gasteiger partial charge in [0.1, 0.15) is 11.6 Å². The summed E-state index contributed by atoms with van der Waals surface area (Å²) >= 11 is 3.26. The van der Waals surface area contributed by atoms with Crippen molar-refractivity contribution in [1.82, 2.24) is 4.98 Å². The second kappa shape index (κ2) is 5.75. The fraction of sp³-hybridized carbons (Fsp3) is 0.214. The molecule has 2 nitrogen and oxygen atoms in total. The van der Waals surface area contributed by atoms with Crippen molar-refractivity contribution in [3.63, 3.8) is 0 Å². The van der Waals surface area contributed by atoms with Crippen molar-refractivity contribution in [2.45, 2.75) is 19.4 Å². The molecule has 2 aromatic rings. The number of aryl methyl sites for hydroxylation is 1. The second-order valence-electron chi connectivity index (χ2n) is 4.32. The molecule has 0 aliphatic carbocycles. The van der Waals surface area contributed by atoms with Crippen LogP contribution in [-0.2, 0) is 6.42 Å². The molecule has 1 unspecified atom stereocenters. The molecular formula is C14H12BrF2NO. The Morgan fingerprint density at radius 3 is 2.74 bits per heavy atom. The van der Waals surface area contributed by atoms with E-state index in [1.54, 1.807) is 18.5 Å². The summed E-state index contributed by atoms with van der Waals surface area (Å²) in [6.45, 7) is 1.53. The van der Waals surface area contributed by atoms with Crippen molar-refractivity contribution in [3.8, 4) is 0 Å². The zero-order valence-electron chi connectivity index (χ0n) is 10.2. The average molecular weight is 328 g/mol. The minimum absolute atomic E-state index is 0.101. The van der Waals surface area contributed by atoms with Crippen LogP contribution in [0, 0.1) is 18.6 Å². The Bertz CT molecular complexity index is 604. The number of aromatic nitrogens is 1. The molecule has 1 heterocycles. The summed E-state index contributed by atoms with van der Waals surface area (Å²) in [6.07, 6.45) is 2.02. The molecule has 0 bridgehead atoms. The Hall–Kier alpha value is -1.33. The number of halogens is 3. The lowest BCUT2D eigenvalue weighted by atomic mass is 9.99. The van der Waals surface area contributed by atoms with E-state index in [-0.39, 0.29) is 12.0 Å². The highest BCUT2D eigenvalue weighted by Crippen LogP contribution is 2.26. The Morgan fingerprint density at radius 2 is 2.05 bits per heavy atom. The molecule has 1 N–H and O–H groups in total. The second-order valence-corrected chi connectivity index (χ2v) is 5.24. The zero-order chi connectivity index (χ0) is 14.0. The lowest BCUT2D eigenvalue weighted by molar-refractivity contribution is 0.168. The van der Waals surface area contributed by atoms with Crippen molar-refractivity contribution in [2.24, 2.45) is 0 Å². The van der Waals surface area contributed by atoms with Gasteiger partial charge in [-0.1, -0.05) is 6.07 Å². The summed E-state index contributed by atoms with van der Waals surface area (Å²) in [5.41, 5.74) is 0.713. The van der Waals surface area contributed by atoms with Gasteiger partial charge in [0, 0.05) is 23.3 Å². The first-order valence-corrected chi connectivity index (χ1v) is 6.50. The summed E-state index contributed by atoms with van der Waals surface area (Å²) in [4.78, 5) is 3.95. The maximum Gasteiger partial charge on any atom is 0.134 e. The average Bonchev–Trinajstić information content (AvgIpc) is 2.34. The molecule has 0 aliphatic heterocycles. The minimum Gasteiger partial charge on any atom is -0.388 e. The van der Waals surface area contributed by atoms with E-state index >= 15 is 0 Å². The van der Waals surface area contributed by atoms with Gasteiger partial charge in [-0.05, 0) is 46.1 Å². The van der Waals surface area contributed by atoms with Gasteiger partial charge in [0.05, 0.1) is 11.7 Å². The zero-order valence-corrected chi connectivity index (χ0v) is 11.8. The molecular weight excluding hydrogens is 316 g/mol. The van der Waals surface area contributed by atoms with E-state index in [0.717, 1.165) is 10.5 Å². The topological polar surface area (TPSA) is 33.1 Å². The van der Waals surface area contributed by atoms with Gasteiger partial charge in [0.25, 0.3) is 0 Å². The molecule has 5 heteroatoms. The van der Waals surface area contributed by atoms with E-state index in [9.17, 15) is 13.9 Å². The lowest BCUT2D eigenvalue weighted by Gasteiger charge is -2.14. The Balaban J connectivity index is 2.30. The normalized spacial score (nSPS) is 12.5. The highest BCUT2D eigenvalue weighted by Gasteiger charge is 2.20. The first kappa shape index (κ1) is 14.1. The van der Waals surface area contributed by atoms with E-state index in [1.165, 1.54) is 13.0 Å². The van der Waals surface area contributed by atoms with Crippen LogP contribution < -0.4 is 0 Å². The molecule has 2 rings (SSSR count). The number of aliphatic hydroxyl groups is 1. The van der Waals surface area contributed by atoms with E-state index < -0.39 is 17.7 Å². The predicted molar refractivity (Wildman–Crippen MR) is 71.7 cm³/mol. The highest BCUT2D eigenvalue weighted by molar-refractivity contribution is 9.10. The fourth-order valence-corrected chi connectivity index (χ4v) is 2.29. The number of hydrogen-bond donors (Lipinski definition) is 1. The Kier molecular flexibility index (Phi) is 4.27. The van der Waals surface area contributed by atoms with Gasteiger partial charge in [-0.2, -0.15) is 0 Å². The highest BCUT2D eigenvalue weighted by atomic mass is 79.9. The first-order valence-electron chi connectivity index (χ1n) is 5.71. The molecule has 0 fully saturated rings. The van der Waals surface area contributed by atoms with Crippen molar-refractivity contribution in [1.29, 1.82) is 0 Å². The summed E-state index contributed by atoms with van der Waals surface area (Å²) < 4.78 is 28.3. The lowest BCUT2D eigenvalue weighted by Crippen LogP contribution is -2.08. The third-order valence-corrected chi connectivity index (χ3v) is 3.28. The molecule has 0 spiro atoms. The van der Waals surface area contributed by atoms with Crippen molar-refractivity contribution < 1.29 is 13.9 Å². The summed E-state index contributed by atoms with van der Waals surface area (Å²) in [5.74, 6) is -1.44. The van der Waals surface area contributed by atoms with E-state index in [4.69, 9.17) is 0 Å². The quantitative estimate of drug-likeness (QED) is 0.932. The smallest absolute Gasteiger partial charge is 0.134 e. The molecule has 1 aromatic carbocycles. The number of rotatable bonds is 3. The number of pyridine rings is 1. The molecule has 1 atom stereocenters. The molecule has 0 amide bonds. The van der Waals surface area contributed by atoms with Crippen LogP contribution in [0.3, 0.4) is 0 Å². The molecule has 0 aliphatic rings. The van der Waals surface area contributed by atoms with Crippen LogP contribution in [0.4, 0.5) is 8.78 Å². The number of aliphatic hydroxyl groups excluding tert-OH is 1. The van der Waals surface area contributed by atoms with Gasteiger partial charge in [-0.3, -0.25) is 4.98 Å². The van der Waals surface area contributed by atoms with Gasteiger partial charge in [-0.25, -0.2) is 8.78 Å². The maximum absolute atomic E-state index is 13.9. The largest absolute Gasteiger partial charge is 0.388 e. The number of benzene rings is 1. The number of hydrogen-bond acceptors (Lipinski definition) is 2. The van der Waals surface area contributed by atoms with Crippen LogP contribution in [0.15, 0.2) is 35.1 Å². The summed E-state index contributed by atoms with van der Waals surface area (Å²) in [6, 6.07) is 4.26. The van der Waals surface area contributed by atoms with Gasteiger partial charge in [-0.15, -0.1) is 0 Å². The van der Waals surface area contributed by atoms with E-state index in [0.29, 0.717) is 11.1 Å². The standard InChI is InChI=1S/C14H12BrF2NO/c1-8-2-3-11(16)13(14(8)17)12(19)5-9-4-10(15)7-18-6-9/h2-4,6-7,12,19H,5H2,1H3. The van der Waals surface area contributed by atoms with Gasteiger partial charge >= 0.3 is 0 Å². The fourth-order valence-electron chi connectivity index (χ4n) is 1.88. The van der Waals surface area contributed by atoms with Crippen LogP contribution in [0.1, 0.15) is 22.8 Å². The minimum atomic E-state index is -1.24. The molecule has 0 radical (unpaired) electrons. The Morgan fingerprint density at radius 1 is 1.32 bits per heavy atom. The van der Waals surface area contributed by atoms with Crippen molar-refractivity contribution in [2.75, 3.05) is 0 Å². The van der Waals surface area contributed by atoms with Crippen LogP contribution in [-0.4, -0.2) is 10.1 Å². The van der Waals surface area contributed by atoms with Crippen LogP contribution in [0.25, 0.3) is 0 Å². The van der Waals surface area contributed by atoms with Gasteiger partial charge in [0.2, 0.25) is 0 Å². The third kappa shape index (κ3) is 3.16. The molecule has 0 saturated heterocycles. The van der Waals surface area contributed by atoms with Gasteiger partial charge in [0.15, 0.2) is 0 Å². The van der Waals surface area contributed by atoms with Crippen LogP contribution >= 0.6 is 15.9 Å². The van der Waals surface area contributed by atoms with Crippen LogP contribution in [0.5, 0.6) is 0 Å². The monoisotopic (exact) mass is 327 g/mol. The first-order chi connectivity index (χ1) is 8.99. The SMILES string of the molecule is Cc1ccc(F)c(C(O)Cc2cncc(Br)c2)c1F. The predicted octanol–water partition coefficient (Wildman–Crippen LogP) is 3.71. The Labute approximate surface area is 118 Å². The van der Waals surface area contributed by atoms with Crippen molar-refractivity contribution >= 4 is 15.9 Å². The van der Waals surface area contributed by atoms with Crippen molar-refractivity contribution in [3.05, 3.63) is 63.4 Å². The van der Waals surface area contributed by atoms with E-state index in [1.807, 2.05) is 0 Å². The van der Waals surface area contributed by atoms with Crippen LogP contribution in [0.2, 0.25) is 0 Å². The van der Waals surface area contributed by atoms with E-state index in [2.05, 4.69) is 20.9 Å². The van der Waals surface area contributed by atoms with Gasteiger partial charge < -0.3 is 5.11 Å². The number of nitrogens with zero attached hydrogens (tertiary/aromatic N) is 1. The third-order valence-electron chi connectivity index (χ3n) is 2.84. The molecule has 1 aromatic heterocycles. The summed E-state index contributed by atoms with van der Waals surface area (Å²) in [5, 5.41) is 10.0. The molecule has 0 saturated carbocycles. The molecule has 100 valence electrons. The maximum atomic E-state index is 13.9.